The van der Waals surface area contributed by atoms with E-state index in [4.69, 9.17) is 16.3 Å². The van der Waals surface area contributed by atoms with Gasteiger partial charge in [-0.3, -0.25) is 4.98 Å². The van der Waals surface area contributed by atoms with Crippen molar-refractivity contribution in [1.82, 2.24) is 15.0 Å². The number of aryl methyl sites for hydroxylation is 3. The number of nitrogens with one attached hydrogen (secondary N) is 1. The minimum atomic E-state index is -0.134. The lowest BCUT2D eigenvalue weighted by Gasteiger charge is -2.20. The summed E-state index contributed by atoms with van der Waals surface area (Å²) in [7, 11) is 0. The fourth-order valence-corrected chi connectivity index (χ4v) is 3.61. The van der Waals surface area contributed by atoms with E-state index in [1.54, 1.807) is 6.33 Å². The van der Waals surface area contributed by atoms with Gasteiger partial charge in [0.05, 0.1) is 17.7 Å². The minimum absolute atomic E-state index is 0.134. The topological polar surface area (TPSA) is 50.8 Å². The van der Waals surface area contributed by atoms with E-state index in [0.29, 0.717) is 6.61 Å². The predicted octanol–water partition coefficient (Wildman–Crippen LogP) is 4.30. The molecular weight excluding hydrogens is 334 g/mol. The molecule has 1 atom stereocenters. The van der Waals surface area contributed by atoms with E-state index in [0.717, 1.165) is 42.1 Å². The Kier molecular flexibility index (Phi) is 4.81. The highest BCUT2D eigenvalue weighted by molar-refractivity contribution is 6.30. The van der Waals surface area contributed by atoms with Gasteiger partial charge in [0.1, 0.15) is 6.10 Å². The molecule has 1 aliphatic carbocycles. The van der Waals surface area contributed by atoms with E-state index in [2.05, 4.69) is 33.2 Å². The SMILES string of the molecule is Clc1ccc2c(c1)CCc1cccnc1C2OCCCc1c[nH]cn1. The van der Waals surface area contributed by atoms with E-state index in [9.17, 15) is 0 Å². The fraction of sp³-hybridized carbons (Fsp3) is 0.300. The molecule has 4 nitrogen and oxygen atoms in total. The van der Waals surface area contributed by atoms with Gasteiger partial charge in [0.2, 0.25) is 0 Å². The Morgan fingerprint density at radius 3 is 2.96 bits per heavy atom. The van der Waals surface area contributed by atoms with Crippen molar-refractivity contribution in [3.63, 3.8) is 0 Å². The van der Waals surface area contributed by atoms with Crippen molar-refractivity contribution in [1.29, 1.82) is 0 Å². The third-order valence-corrected chi connectivity index (χ3v) is 4.88. The Balaban J connectivity index is 1.56. The van der Waals surface area contributed by atoms with Crippen LogP contribution >= 0.6 is 11.6 Å². The van der Waals surface area contributed by atoms with Gasteiger partial charge >= 0.3 is 0 Å². The molecule has 25 heavy (non-hydrogen) atoms. The Morgan fingerprint density at radius 2 is 2.08 bits per heavy atom. The number of halogens is 1. The number of ether oxygens (including phenoxy) is 1. The van der Waals surface area contributed by atoms with E-state index in [1.807, 2.05) is 24.5 Å². The van der Waals surface area contributed by atoms with Crippen molar-refractivity contribution in [3.05, 3.63) is 82.2 Å². The summed E-state index contributed by atoms with van der Waals surface area (Å²) in [5.41, 5.74) is 5.79. The van der Waals surface area contributed by atoms with Crippen molar-refractivity contribution >= 4 is 11.6 Å². The molecule has 4 rings (SSSR count). The summed E-state index contributed by atoms with van der Waals surface area (Å²) in [5, 5.41) is 0.773. The molecule has 0 saturated heterocycles. The van der Waals surface area contributed by atoms with E-state index in [-0.39, 0.29) is 6.10 Å². The van der Waals surface area contributed by atoms with Gasteiger partial charge in [0.15, 0.2) is 0 Å². The number of H-pyrrole nitrogens is 1. The highest BCUT2D eigenvalue weighted by atomic mass is 35.5. The molecule has 128 valence electrons. The van der Waals surface area contributed by atoms with Crippen LogP contribution in [0.2, 0.25) is 5.02 Å². The maximum absolute atomic E-state index is 6.31. The normalized spacial score (nSPS) is 16.1. The van der Waals surface area contributed by atoms with Crippen LogP contribution in [0.5, 0.6) is 0 Å². The first-order chi connectivity index (χ1) is 12.3. The molecule has 0 saturated carbocycles. The number of aromatic amines is 1. The highest BCUT2D eigenvalue weighted by Crippen LogP contribution is 2.35. The zero-order valence-electron chi connectivity index (χ0n) is 13.9. The molecule has 1 N–H and O–H groups in total. The summed E-state index contributed by atoms with van der Waals surface area (Å²) in [5.74, 6) is 0. The molecule has 0 spiro atoms. The average molecular weight is 354 g/mol. The Bertz CT molecular complexity index is 848. The van der Waals surface area contributed by atoms with Gasteiger partial charge in [0, 0.05) is 24.0 Å². The lowest BCUT2D eigenvalue weighted by atomic mass is 10.0. The van der Waals surface area contributed by atoms with Gasteiger partial charge in [-0.05, 0) is 60.6 Å². The maximum atomic E-state index is 6.31. The molecule has 0 bridgehead atoms. The van der Waals surface area contributed by atoms with Gasteiger partial charge in [-0.2, -0.15) is 0 Å². The van der Waals surface area contributed by atoms with Crippen LogP contribution in [-0.2, 0) is 24.0 Å². The monoisotopic (exact) mass is 353 g/mol. The van der Waals surface area contributed by atoms with E-state index < -0.39 is 0 Å². The first-order valence-corrected chi connectivity index (χ1v) is 9.00. The predicted molar refractivity (Wildman–Crippen MR) is 97.8 cm³/mol. The molecule has 0 amide bonds. The van der Waals surface area contributed by atoms with Crippen LogP contribution in [0.1, 0.15) is 40.6 Å². The molecule has 2 aromatic heterocycles. The average Bonchev–Trinajstić information content (AvgIpc) is 3.09. The van der Waals surface area contributed by atoms with Gasteiger partial charge < -0.3 is 9.72 Å². The Hall–Kier alpha value is -2.17. The number of benzene rings is 1. The van der Waals surface area contributed by atoms with Crippen LogP contribution in [0.15, 0.2) is 49.1 Å². The second kappa shape index (κ2) is 7.38. The van der Waals surface area contributed by atoms with Gasteiger partial charge in [-0.15, -0.1) is 0 Å². The number of hydrogen-bond donors (Lipinski definition) is 1. The summed E-state index contributed by atoms with van der Waals surface area (Å²) >= 11 is 6.21. The first kappa shape index (κ1) is 16.3. The van der Waals surface area contributed by atoms with Crippen LogP contribution in [-0.4, -0.2) is 21.6 Å². The number of pyridine rings is 1. The molecule has 2 heterocycles. The summed E-state index contributed by atoms with van der Waals surface area (Å²) in [4.78, 5) is 11.9. The highest BCUT2D eigenvalue weighted by Gasteiger charge is 2.25. The van der Waals surface area contributed by atoms with Crippen molar-refractivity contribution < 1.29 is 4.74 Å². The van der Waals surface area contributed by atoms with Crippen LogP contribution in [0, 0.1) is 0 Å². The van der Waals surface area contributed by atoms with Gasteiger partial charge in [0.25, 0.3) is 0 Å². The lowest BCUT2D eigenvalue weighted by molar-refractivity contribution is 0.0751. The summed E-state index contributed by atoms with van der Waals surface area (Å²) < 4.78 is 6.31. The molecule has 1 aliphatic rings. The zero-order valence-corrected chi connectivity index (χ0v) is 14.7. The zero-order chi connectivity index (χ0) is 17.1. The van der Waals surface area contributed by atoms with E-state index in [1.165, 1.54) is 16.7 Å². The van der Waals surface area contributed by atoms with Crippen molar-refractivity contribution in [2.75, 3.05) is 6.61 Å². The minimum Gasteiger partial charge on any atom is -0.367 e. The molecule has 1 unspecified atom stereocenters. The number of hydrogen-bond acceptors (Lipinski definition) is 3. The van der Waals surface area contributed by atoms with Crippen LogP contribution in [0.25, 0.3) is 0 Å². The number of imidazole rings is 1. The number of nitrogens with zero attached hydrogens (tertiary/aromatic N) is 2. The van der Waals surface area contributed by atoms with Crippen molar-refractivity contribution in [3.8, 4) is 0 Å². The van der Waals surface area contributed by atoms with Crippen molar-refractivity contribution in [2.24, 2.45) is 0 Å². The molecule has 1 aromatic carbocycles. The third-order valence-electron chi connectivity index (χ3n) is 4.64. The molecule has 3 aromatic rings. The number of fused-ring (bicyclic) bond motifs is 2. The third kappa shape index (κ3) is 3.60. The van der Waals surface area contributed by atoms with Gasteiger partial charge in [-0.25, -0.2) is 4.98 Å². The van der Waals surface area contributed by atoms with Crippen molar-refractivity contribution in [2.45, 2.75) is 31.8 Å². The second-order valence-electron chi connectivity index (χ2n) is 6.31. The molecule has 0 radical (unpaired) electrons. The Morgan fingerprint density at radius 1 is 1.16 bits per heavy atom. The smallest absolute Gasteiger partial charge is 0.125 e. The lowest BCUT2D eigenvalue weighted by Crippen LogP contribution is -2.11. The van der Waals surface area contributed by atoms with Crippen LogP contribution < -0.4 is 0 Å². The summed E-state index contributed by atoms with van der Waals surface area (Å²) in [6.07, 6.45) is 9.10. The summed E-state index contributed by atoms with van der Waals surface area (Å²) in [6.45, 7) is 0.662. The molecule has 5 heteroatoms. The standard InChI is InChI=1S/C20H20ClN3O/c21-16-7-8-18-15(11-16)6-5-14-3-1-9-23-19(14)20(18)25-10-2-4-17-12-22-13-24-17/h1,3,7-9,11-13,20H,2,4-6,10H2,(H,22,24). The van der Waals surface area contributed by atoms with Gasteiger partial charge in [-0.1, -0.05) is 23.7 Å². The maximum Gasteiger partial charge on any atom is 0.125 e. The number of rotatable bonds is 5. The molecule has 0 fully saturated rings. The Labute approximate surface area is 152 Å². The van der Waals surface area contributed by atoms with Crippen LogP contribution in [0.4, 0.5) is 0 Å². The first-order valence-electron chi connectivity index (χ1n) is 8.62. The van der Waals surface area contributed by atoms with Crippen LogP contribution in [0.3, 0.4) is 0 Å². The quantitative estimate of drug-likeness (QED) is 0.696. The molecular formula is C20H20ClN3O. The van der Waals surface area contributed by atoms with E-state index >= 15 is 0 Å². The second-order valence-corrected chi connectivity index (χ2v) is 6.74. The molecule has 0 aliphatic heterocycles. The fourth-order valence-electron chi connectivity index (χ4n) is 3.41. The summed E-state index contributed by atoms with van der Waals surface area (Å²) in [6, 6.07) is 10.2. The number of aromatic nitrogens is 3. The largest absolute Gasteiger partial charge is 0.367 e.